The third-order valence-electron chi connectivity index (χ3n) is 4.17. The lowest BCUT2D eigenvalue weighted by molar-refractivity contribution is 0.0492. The molecule has 0 aliphatic heterocycles. The van der Waals surface area contributed by atoms with Crippen LogP contribution in [0.15, 0.2) is 53.4 Å². The summed E-state index contributed by atoms with van der Waals surface area (Å²) in [6.07, 6.45) is 0. The van der Waals surface area contributed by atoms with Gasteiger partial charge in [0, 0.05) is 15.2 Å². The molecule has 0 atom stereocenters. The lowest BCUT2D eigenvalue weighted by Gasteiger charge is -2.36. The topological polar surface area (TPSA) is 70.1 Å². The Bertz CT molecular complexity index is 703. The number of nitrogens with two attached hydrogens (primary N) is 1. The molecule has 0 aromatic heterocycles. The Labute approximate surface area is 142 Å². The number of hydrogen-bond donors (Lipinski definition) is 3. The molecule has 23 heavy (non-hydrogen) atoms. The Morgan fingerprint density at radius 2 is 1.61 bits per heavy atom. The summed E-state index contributed by atoms with van der Waals surface area (Å²) < 4.78 is -0.379. The maximum absolute atomic E-state index is 10.4. The Morgan fingerprint density at radius 1 is 1.00 bits per heavy atom. The molecule has 4 N–H and O–H groups in total. The maximum atomic E-state index is 10.4. The van der Waals surface area contributed by atoms with Crippen molar-refractivity contribution in [3.63, 3.8) is 0 Å². The number of rotatable bonds is 5. The van der Waals surface area contributed by atoms with E-state index in [9.17, 15) is 5.11 Å². The van der Waals surface area contributed by atoms with Gasteiger partial charge < -0.3 is 10.8 Å². The summed E-state index contributed by atoms with van der Waals surface area (Å²) in [6, 6.07) is 16.0. The van der Waals surface area contributed by atoms with Crippen LogP contribution in [0.2, 0.25) is 0 Å². The Morgan fingerprint density at radius 3 is 2.13 bits per heavy atom. The molecule has 0 amide bonds. The fourth-order valence-corrected chi connectivity index (χ4v) is 3.24. The van der Waals surface area contributed by atoms with E-state index in [1.54, 1.807) is 11.8 Å². The molecule has 2 rings (SSSR count). The predicted molar refractivity (Wildman–Crippen MR) is 99.1 cm³/mol. The van der Waals surface area contributed by atoms with E-state index in [-0.39, 0.29) is 10.6 Å². The first kappa shape index (κ1) is 17.6. The Balaban J connectivity index is 2.48. The van der Waals surface area contributed by atoms with E-state index < -0.39 is 5.60 Å². The molecule has 122 valence electrons. The van der Waals surface area contributed by atoms with Gasteiger partial charge in [0.05, 0.1) is 5.60 Å². The van der Waals surface area contributed by atoms with Crippen LogP contribution >= 0.6 is 11.8 Å². The lowest BCUT2D eigenvalue weighted by Crippen LogP contribution is -2.42. The summed E-state index contributed by atoms with van der Waals surface area (Å²) in [7, 11) is 0. The zero-order chi connectivity index (χ0) is 17.3. The van der Waals surface area contributed by atoms with Gasteiger partial charge in [-0.3, -0.25) is 5.41 Å². The molecule has 0 fully saturated rings. The number of amidine groups is 1. The molecule has 0 unspecified atom stereocenters. The minimum Gasteiger partial charge on any atom is -0.389 e. The van der Waals surface area contributed by atoms with Crippen molar-refractivity contribution in [2.75, 3.05) is 0 Å². The molecular weight excluding hydrogens is 304 g/mol. The molecule has 0 bridgehead atoms. The second-order valence-corrected chi connectivity index (χ2v) is 8.39. The van der Waals surface area contributed by atoms with Crippen molar-refractivity contribution in [2.45, 2.75) is 42.9 Å². The van der Waals surface area contributed by atoms with Gasteiger partial charge in [-0.1, -0.05) is 30.3 Å². The number of aliphatic hydroxyl groups is 1. The van der Waals surface area contributed by atoms with Crippen molar-refractivity contribution in [2.24, 2.45) is 5.73 Å². The van der Waals surface area contributed by atoms with Gasteiger partial charge in [-0.05, 0) is 57.0 Å². The van der Waals surface area contributed by atoms with Crippen molar-refractivity contribution < 1.29 is 5.11 Å². The van der Waals surface area contributed by atoms with Crippen LogP contribution in [0.5, 0.6) is 0 Å². The molecule has 0 aliphatic carbocycles. The van der Waals surface area contributed by atoms with Crippen molar-refractivity contribution in [1.29, 1.82) is 5.41 Å². The molecule has 0 radical (unpaired) electrons. The van der Waals surface area contributed by atoms with E-state index in [0.717, 1.165) is 16.0 Å². The van der Waals surface area contributed by atoms with Crippen LogP contribution in [0.3, 0.4) is 0 Å². The zero-order valence-corrected chi connectivity index (χ0v) is 14.9. The van der Waals surface area contributed by atoms with Gasteiger partial charge in [0.1, 0.15) is 5.84 Å². The average molecular weight is 328 g/mol. The monoisotopic (exact) mass is 328 g/mol. The third-order valence-corrected chi connectivity index (χ3v) is 5.65. The number of nitrogen functional groups attached to an aromatic ring is 1. The first-order valence-electron chi connectivity index (χ1n) is 7.56. The summed E-state index contributed by atoms with van der Waals surface area (Å²) in [5, 5.41) is 18.1. The number of thioether (sulfide) groups is 1. The first-order valence-corrected chi connectivity index (χ1v) is 8.38. The fraction of sp³-hybridized carbons (Fsp3) is 0.316. The first-order chi connectivity index (χ1) is 10.6. The average Bonchev–Trinajstić information content (AvgIpc) is 2.46. The molecule has 0 heterocycles. The molecule has 0 spiro atoms. The molecule has 2 aromatic carbocycles. The maximum Gasteiger partial charge on any atom is 0.122 e. The summed E-state index contributed by atoms with van der Waals surface area (Å²) >= 11 is 1.59. The van der Waals surface area contributed by atoms with Crippen LogP contribution in [0.25, 0.3) is 11.1 Å². The smallest absolute Gasteiger partial charge is 0.122 e. The molecule has 2 aromatic rings. The van der Waals surface area contributed by atoms with E-state index in [1.165, 1.54) is 0 Å². The number of hydrogen-bond acceptors (Lipinski definition) is 3. The van der Waals surface area contributed by atoms with Crippen molar-refractivity contribution in [3.05, 3.63) is 54.1 Å². The van der Waals surface area contributed by atoms with Gasteiger partial charge in [-0.25, -0.2) is 0 Å². The lowest BCUT2D eigenvalue weighted by atomic mass is 9.94. The highest BCUT2D eigenvalue weighted by Gasteiger charge is 2.36. The number of nitrogens with one attached hydrogen (secondary N) is 1. The van der Waals surface area contributed by atoms with Crippen molar-refractivity contribution >= 4 is 17.6 Å². The van der Waals surface area contributed by atoms with Crippen LogP contribution < -0.4 is 5.73 Å². The predicted octanol–water partition coefficient (Wildman–Crippen LogP) is 4.28. The van der Waals surface area contributed by atoms with Gasteiger partial charge in [0.15, 0.2) is 0 Å². The summed E-state index contributed by atoms with van der Waals surface area (Å²) in [5.41, 5.74) is 7.66. The SMILES string of the molecule is CC(C)(O)C(C)(C)Sc1cc(C(=N)N)cc(-c2ccccc2)c1. The number of benzene rings is 2. The van der Waals surface area contributed by atoms with Gasteiger partial charge >= 0.3 is 0 Å². The zero-order valence-electron chi connectivity index (χ0n) is 14.1. The highest BCUT2D eigenvalue weighted by molar-refractivity contribution is 8.00. The fourth-order valence-electron chi connectivity index (χ4n) is 2.03. The van der Waals surface area contributed by atoms with Gasteiger partial charge in [-0.2, -0.15) is 0 Å². The largest absolute Gasteiger partial charge is 0.389 e. The molecule has 4 heteroatoms. The highest BCUT2D eigenvalue weighted by atomic mass is 32.2. The molecule has 0 aliphatic rings. The highest BCUT2D eigenvalue weighted by Crippen LogP contribution is 2.41. The molecule has 0 saturated carbocycles. The van der Waals surface area contributed by atoms with Gasteiger partial charge in [-0.15, -0.1) is 11.8 Å². The second kappa shape index (κ2) is 6.38. The summed E-state index contributed by atoms with van der Waals surface area (Å²) in [4.78, 5) is 0.990. The van der Waals surface area contributed by atoms with Crippen LogP contribution in [0.4, 0.5) is 0 Å². The molecular formula is C19H24N2OS. The van der Waals surface area contributed by atoms with E-state index >= 15 is 0 Å². The third kappa shape index (κ3) is 4.15. The second-order valence-electron chi connectivity index (χ2n) is 6.70. The van der Waals surface area contributed by atoms with E-state index in [0.29, 0.717) is 5.56 Å². The van der Waals surface area contributed by atoms with E-state index in [4.69, 9.17) is 11.1 Å². The van der Waals surface area contributed by atoms with E-state index in [1.807, 2.05) is 70.2 Å². The molecule has 3 nitrogen and oxygen atoms in total. The van der Waals surface area contributed by atoms with Crippen LogP contribution in [0.1, 0.15) is 33.3 Å². The van der Waals surface area contributed by atoms with Crippen LogP contribution in [0, 0.1) is 5.41 Å². The normalized spacial score (nSPS) is 12.2. The summed E-state index contributed by atoms with van der Waals surface area (Å²) in [6.45, 7) is 7.65. The quantitative estimate of drug-likeness (QED) is 0.436. The molecule has 0 saturated heterocycles. The van der Waals surface area contributed by atoms with Crippen molar-refractivity contribution in [1.82, 2.24) is 0 Å². The Kier molecular flexibility index (Phi) is 4.87. The van der Waals surface area contributed by atoms with Gasteiger partial charge in [0.2, 0.25) is 0 Å². The van der Waals surface area contributed by atoms with Crippen LogP contribution in [-0.4, -0.2) is 21.3 Å². The van der Waals surface area contributed by atoms with Gasteiger partial charge in [0.25, 0.3) is 0 Å². The van der Waals surface area contributed by atoms with E-state index in [2.05, 4.69) is 6.07 Å². The minimum atomic E-state index is -0.837. The minimum absolute atomic E-state index is 0.0469. The van der Waals surface area contributed by atoms with Crippen LogP contribution in [-0.2, 0) is 0 Å². The van der Waals surface area contributed by atoms with Crippen molar-refractivity contribution in [3.8, 4) is 11.1 Å². The summed E-state index contributed by atoms with van der Waals surface area (Å²) in [5.74, 6) is 0.0469. The Hall–Kier alpha value is -1.78. The standard InChI is InChI=1S/C19H24N2OS/c1-18(2,22)19(3,4)23-16-11-14(10-15(12-16)17(20)21)13-8-6-5-7-9-13/h5-12,22H,1-4H3,(H3,20,21).